The zero-order valence-electron chi connectivity index (χ0n) is 11.4. The highest BCUT2D eigenvalue weighted by molar-refractivity contribution is 5.10. The average molecular weight is 246 g/mol. The van der Waals surface area contributed by atoms with Crippen LogP contribution in [0.15, 0.2) is 24.7 Å². The van der Waals surface area contributed by atoms with Crippen molar-refractivity contribution in [3.8, 4) is 0 Å². The van der Waals surface area contributed by atoms with Gasteiger partial charge >= 0.3 is 0 Å². The fourth-order valence-corrected chi connectivity index (χ4v) is 2.37. The minimum absolute atomic E-state index is 0.557. The quantitative estimate of drug-likeness (QED) is 0.850. The first kappa shape index (κ1) is 12.9. The highest BCUT2D eigenvalue weighted by Gasteiger charge is 2.13. The van der Waals surface area contributed by atoms with Crippen molar-refractivity contribution in [2.24, 2.45) is 0 Å². The molecule has 2 aromatic heterocycles. The number of rotatable bonds is 6. The summed E-state index contributed by atoms with van der Waals surface area (Å²) in [6.07, 6.45) is 8.17. The van der Waals surface area contributed by atoms with Crippen LogP contribution in [-0.2, 0) is 6.54 Å². The fraction of sp³-hybridized carbons (Fsp3) is 0.571. The smallest absolute Gasteiger partial charge is 0.0521 e. The Morgan fingerprint density at radius 3 is 2.72 bits per heavy atom. The summed E-state index contributed by atoms with van der Waals surface area (Å²) in [4.78, 5) is 0. The second-order valence-corrected chi connectivity index (χ2v) is 4.98. The summed E-state index contributed by atoms with van der Waals surface area (Å²) < 4.78 is 2.09. The molecule has 4 heteroatoms. The maximum Gasteiger partial charge on any atom is 0.0521 e. The molecule has 0 aliphatic carbocycles. The van der Waals surface area contributed by atoms with E-state index in [-0.39, 0.29) is 0 Å². The van der Waals surface area contributed by atoms with Crippen LogP contribution < -0.4 is 0 Å². The molecule has 0 bridgehead atoms. The highest BCUT2D eigenvalue weighted by atomic mass is 15.3. The van der Waals surface area contributed by atoms with Gasteiger partial charge in [-0.15, -0.1) is 0 Å². The lowest BCUT2D eigenvalue weighted by Crippen LogP contribution is -2.07. The molecule has 0 radical (unpaired) electrons. The van der Waals surface area contributed by atoms with Gasteiger partial charge in [0.15, 0.2) is 0 Å². The summed E-state index contributed by atoms with van der Waals surface area (Å²) in [6, 6.07) is 2.14. The van der Waals surface area contributed by atoms with Crippen LogP contribution in [0.25, 0.3) is 0 Å². The molecule has 0 amide bonds. The molecule has 2 unspecified atom stereocenters. The molecule has 4 nitrogen and oxygen atoms in total. The Hall–Kier alpha value is -1.58. The Kier molecular flexibility index (Phi) is 4.18. The first-order chi connectivity index (χ1) is 8.72. The predicted octanol–water partition coefficient (Wildman–Crippen LogP) is 3.31. The molecule has 0 fully saturated rings. The molecule has 2 atom stereocenters. The zero-order chi connectivity index (χ0) is 13.0. The number of H-pyrrole nitrogens is 1. The number of hydrogen-bond acceptors (Lipinski definition) is 2. The Labute approximate surface area is 108 Å². The topological polar surface area (TPSA) is 46.5 Å². The molecule has 2 rings (SSSR count). The summed E-state index contributed by atoms with van der Waals surface area (Å²) in [5.41, 5.74) is 2.64. The van der Waals surface area contributed by atoms with E-state index in [0.29, 0.717) is 11.8 Å². The van der Waals surface area contributed by atoms with E-state index in [9.17, 15) is 0 Å². The number of nitrogens with zero attached hydrogens (tertiary/aromatic N) is 3. The number of nitrogens with one attached hydrogen (secondary N) is 1. The Bertz CT molecular complexity index is 458. The Balaban J connectivity index is 1.90. The van der Waals surface area contributed by atoms with Gasteiger partial charge < -0.3 is 0 Å². The normalized spacial score (nSPS) is 14.6. The Morgan fingerprint density at radius 1 is 1.28 bits per heavy atom. The fourth-order valence-electron chi connectivity index (χ4n) is 2.37. The molecule has 2 aromatic rings. The average Bonchev–Trinajstić information content (AvgIpc) is 3.04. The standard InChI is InChI=1S/C14H22N4/c1-4-18-14(7-8-17-18)12(3)6-5-11(2)13-9-15-16-10-13/h7-12H,4-6H2,1-3H3,(H,15,16). The van der Waals surface area contributed by atoms with Crippen molar-refractivity contribution >= 4 is 0 Å². The van der Waals surface area contributed by atoms with E-state index in [2.05, 4.69) is 46.8 Å². The SMILES string of the molecule is CCn1nccc1C(C)CCC(C)c1cn[nH]c1. The van der Waals surface area contributed by atoms with Gasteiger partial charge in [0.05, 0.1) is 6.20 Å². The summed E-state index contributed by atoms with van der Waals surface area (Å²) in [6.45, 7) is 7.63. The molecule has 18 heavy (non-hydrogen) atoms. The van der Waals surface area contributed by atoms with E-state index in [1.807, 2.05) is 18.6 Å². The van der Waals surface area contributed by atoms with E-state index >= 15 is 0 Å². The molecule has 0 aliphatic rings. The lowest BCUT2D eigenvalue weighted by molar-refractivity contribution is 0.523. The first-order valence-corrected chi connectivity index (χ1v) is 6.72. The van der Waals surface area contributed by atoms with Crippen LogP contribution in [0, 0.1) is 0 Å². The monoisotopic (exact) mass is 246 g/mol. The van der Waals surface area contributed by atoms with Gasteiger partial charge in [-0.1, -0.05) is 13.8 Å². The van der Waals surface area contributed by atoms with Crippen molar-refractivity contribution in [3.05, 3.63) is 35.9 Å². The van der Waals surface area contributed by atoms with Crippen molar-refractivity contribution in [1.29, 1.82) is 0 Å². The molecule has 0 aliphatic heterocycles. The molecule has 0 spiro atoms. The predicted molar refractivity (Wildman–Crippen MR) is 72.6 cm³/mol. The van der Waals surface area contributed by atoms with Gasteiger partial charge in [0.25, 0.3) is 0 Å². The van der Waals surface area contributed by atoms with E-state index in [4.69, 9.17) is 0 Å². The molecule has 1 N–H and O–H groups in total. The van der Waals surface area contributed by atoms with Gasteiger partial charge in [-0.2, -0.15) is 10.2 Å². The van der Waals surface area contributed by atoms with Gasteiger partial charge in [0.1, 0.15) is 0 Å². The minimum atomic E-state index is 0.557. The summed E-state index contributed by atoms with van der Waals surface area (Å²) in [5, 5.41) is 11.2. The van der Waals surface area contributed by atoms with Gasteiger partial charge in [0, 0.05) is 24.6 Å². The molecule has 0 saturated carbocycles. The van der Waals surface area contributed by atoms with Crippen LogP contribution in [0.1, 0.15) is 56.7 Å². The number of aromatic amines is 1. The van der Waals surface area contributed by atoms with Gasteiger partial charge in [-0.25, -0.2) is 0 Å². The van der Waals surface area contributed by atoms with E-state index in [1.54, 1.807) is 0 Å². The van der Waals surface area contributed by atoms with Crippen LogP contribution in [0.4, 0.5) is 0 Å². The largest absolute Gasteiger partial charge is 0.285 e. The van der Waals surface area contributed by atoms with Gasteiger partial charge in [-0.05, 0) is 43.2 Å². The third kappa shape index (κ3) is 2.81. The lowest BCUT2D eigenvalue weighted by atomic mass is 9.93. The summed E-state index contributed by atoms with van der Waals surface area (Å²) in [5.74, 6) is 1.12. The van der Waals surface area contributed by atoms with Crippen LogP contribution in [0.5, 0.6) is 0 Å². The second kappa shape index (κ2) is 5.85. The van der Waals surface area contributed by atoms with Crippen LogP contribution in [0.2, 0.25) is 0 Å². The second-order valence-electron chi connectivity index (χ2n) is 4.98. The molecule has 2 heterocycles. The molecule has 0 saturated heterocycles. The van der Waals surface area contributed by atoms with Gasteiger partial charge in [0.2, 0.25) is 0 Å². The Morgan fingerprint density at radius 2 is 2.06 bits per heavy atom. The maximum absolute atomic E-state index is 4.33. The van der Waals surface area contributed by atoms with Crippen molar-refractivity contribution in [3.63, 3.8) is 0 Å². The third-order valence-corrected chi connectivity index (χ3v) is 3.67. The maximum atomic E-state index is 4.33. The number of aromatic nitrogens is 4. The molecular weight excluding hydrogens is 224 g/mol. The highest BCUT2D eigenvalue weighted by Crippen LogP contribution is 2.26. The first-order valence-electron chi connectivity index (χ1n) is 6.72. The zero-order valence-corrected chi connectivity index (χ0v) is 11.4. The van der Waals surface area contributed by atoms with Crippen molar-refractivity contribution < 1.29 is 0 Å². The van der Waals surface area contributed by atoms with E-state index in [0.717, 1.165) is 6.54 Å². The van der Waals surface area contributed by atoms with Crippen molar-refractivity contribution in [2.45, 2.75) is 52.0 Å². The van der Waals surface area contributed by atoms with Gasteiger partial charge in [-0.3, -0.25) is 9.78 Å². The summed E-state index contributed by atoms with van der Waals surface area (Å²) >= 11 is 0. The lowest BCUT2D eigenvalue weighted by Gasteiger charge is -2.15. The third-order valence-electron chi connectivity index (χ3n) is 3.67. The summed E-state index contributed by atoms with van der Waals surface area (Å²) in [7, 11) is 0. The molecular formula is C14H22N4. The van der Waals surface area contributed by atoms with Crippen LogP contribution >= 0.6 is 0 Å². The van der Waals surface area contributed by atoms with E-state index in [1.165, 1.54) is 24.1 Å². The van der Waals surface area contributed by atoms with E-state index < -0.39 is 0 Å². The van der Waals surface area contributed by atoms with Crippen LogP contribution in [0.3, 0.4) is 0 Å². The minimum Gasteiger partial charge on any atom is -0.285 e. The number of hydrogen-bond donors (Lipinski definition) is 1. The van der Waals surface area contributed by atoms with Crippen molar-refractivity contribution in [1.82, 2.24) is 20.0 Å². The van der Waals surface area contributed by atoms with Crippen LogP contribution in [-0.4, -0.2) is 20.0 Å². The molecule has 98 valence electrons. The van der Waals surface area contributed by atoms with Crippen molar-refractivity contribution in [2.75, 3.05) is 0 Å². The number of aryl methyl sites for hydroxylation is 1. The molecule has 0 aromatic carbocycles.